The maximum Gasteiger partial charge on any atom is 0.330 e. The molecule has 1 amide bonds. The minimum atomic E-state index is -0.617. The molecule has 2 rings (SSSR count). The van der Waals surface area contributed by atoms with E-state index in [0.717, 1.165) is 19.3 Å². The van der Waals surface area contributed by atoms with E-state index >= 15 is 0 Å². The molecule has 1 aromatic carbocycles. The Balaban J connectivity index is 2.34. The van der Waals surface area contributed by atoms with Crippen molar-refractivity contribution >= 4 is 17.4 Å². The van der Waals surface area contributed by atoms with Crippen molar-refractivity contribution in [3.05, 3.63) is 56.5 Å². The molecule has 0 spiro atoms. The molecular formula is C23H34FN5O3. The highest BCUT2D eigenvalue weighted by atomic mass is 19.1. The van der Waals surface area contributed by atoms with E-state index in [-0.39, 0.29) is 36.3 Å². The van der Waals surface area contributed by atoms with E-state index in [9.17, 15) is 18.8 Å². The average Bonchev–Trinajstić information content (AvgIpc) is 2.72. The molecular weight excluding hydrogens is 413 g/mol. The molecule has 2 aromatic rings. The Morgan fingerprint density at radius 2 is 1.94 bits per heavy atom. The van der Waals surface area contributed by atoms with Gasteiger partial charge in [0.1, 0.15) is 17.3 Å². The first-order valence-corrected chi connectivity index (χ1v) is 11.0. The lowest BCUT2D eigenvalue weighted by Crippen LogP contribution is -2.44. The highest BCUT2D eigenvalue weighted by Crippen LogP contribution is 2.19. The zero-order valence-electron chi connectivity index (χ0n) is 19.4. The lowest BCUT2D eigenvalue weighted by molar-refractivity contribution is -0.129. The van der Waals surface area contributed by atoms with Crippen LogP contribution in [0.3, 0.4) is 0 Å². The first kappa shape index (κ1) is 25.2. The number of carbonyl (C=O) groups is 1. The van der Waals surface area contributed by atoms with Crippen LogP contribution in [0.4, 0.5) is 15.9 Å². The van der Waals surface area contributed by atoms with Crippen LogP contribution in [0.25, 0.3) is 0 Å². The van der Waals surface area contributed by atoms with E-state index < -0.39 is 11.2 Å². The number of hydrogen-bond donors (Lipinski definition) is 2. The number of amides is 1. The quantitative estimate of drug-likeness (QED) is 0.551. The summed E-state index contributed by atoms with van der Waals surface area (Å²) < 4.78 is 15.3. The lowest BCUT2D eigenvalue weighted by Gasteiger charge is -2.28. The van der Waals surface area contributed by atoms with Crippen LogP contribution in [0.5, 0.6) is 0 Å². The standard InChI is InChI=1S/C23H34FN5O3/c1-5-6-12-29-21(25)20(22(31)26-23(29)32)28(13-11-16(2)3)15-19(30)27(4)14-17-9-7-8-10-18(17)24/h7-10,16H,5-6,11-15,25H2,1-4H3,(H,26,31,32). The first-order valence-electron chi connectivity index (χ1n) is 11.0. The summed E-state index contributed by atoms with van der Waals surface area (Å²) in [6, 6.07) is 6.28. The van der Waals surface area contributed by atoms with Gasteiger partial charge in [0.05, 0.1) is 6.54 Å². The van der Waals surface area contributed by atoms with Crippen molar-refractivity contribution in [3.63, 3.8) is 0 Å². The number of carbonyl (C=O) groups excluding carboxylic acids is 1. The molecule has 8 nitrogen and oxygen atoms in total. The van der Waals surface area contributed by atoms with Crippen LogP contribution in [0, 0.1) is 11.7 Å². The monoisotopic (exact) mass is 447 g/mol. The number of aromatic amines is 1. The zero-order valence-corrected chi connectivity index (χ0v) is 19.4. The zero-order chi connectivity index (χ0) is 23.8. The second-order valence-corrected chi connectivity index (χ2v) is 8.44. The number of unbranched alkanes of at least 4 members (excludes halogenated alkanes) is 1. The van der Waals surface area contributed by atoms with Crippen LogP contribution in [0.1, 0.15) is 45.6 Å². The molecule has 0 aliphatic rings. The Morgan fingerprint density at radius 1 is 1.25 bits per heavy atom. The van der Waals surface area contributed by atoms with Crippen molar-refractivity contribution in [1.82, 2.24) is 14.5 Å². The second kappa shape index (κ2) is 11.5. The number of benzene rings is 1. The molecule has 0 fully saturated rings. The van der Waals surface area contributed by atoms with Crippen molar-refractivity contribution in [2.75, 3.05) is 30.8 Å². The molecule has 0 radical (unpaired) electrons. The van der Waals surface area contributed by atoms with Crippen molar-refractivity contribution in [2.45, 2.75) is 53.1 Å². The Bertz CT molecular complexity index is 1030. The van der Waals surface area contributed by atoms with Crippen molar-refractivity contribution in [3.8, 4) is 0 Å². The van der Waals surface area contributed by atoms with E-state index in [4.69, 9.17) is 5.73 Å². The topological polar surface area (TPSA) is 104 Å². The average molecular weight is 448 g/mol. The molecule has 0 unspecified atom stereocenters. The first-order chi connectivity index (χ1) is 15.1. The maximum atomic E-state index is 14.0. The van der Waals surface area contributed by atoms with Gasteiger partial charge in [0.15, 0.2) is 0 Å². The summed E-state index contributed by atoms with van der Waals surface area (Å²) in [6.45, 7) is 6.86. The summed E-state index contributed by atoms with van der Waals surface area (Å²) in [5.41, 5.74) is 5.60. The van der Waals surface area contributed by atoms with Gasteiger partial charge in [0.25, 0.3) is 5.56 Å². The van der Waals surface area contributed by atoms with Crippen LogP contribution >= 0.6 is 0 Å². The van der Waals surface area contributed by atoms with Gasteiger partial charge in [-0.2, -0.15) is 0 Å². The minimum absolute atomic E-state index is 0.0560. The van der Waals surface area contributed by atoms with Crippen molar-refractivity contribution < 1.29 is 9.18 Å². The van der Waals surface area contributed by atoms with Gasteiger partial charge in [0, 0.05) is 32.2 Å². The summed E-state index contributed by atoms with van der Waals surface area (Å²) >= 11 is 0. The van der Waals surface area contributed by atoms with Crippen LogP contribution < -0.4 is 21.9 Å². The fourth-order valence-electron chi connectivity index (χ4n) is 3.36. The molecule has 0 saturated heterocycles. The molecule has 0 aliphatic carbocycles. The number of H-pyrrole nitrogens is 1. The molecule has 32 heavy (non-hydrogen) atoms. The van der Waals surface area contributed by atoms with Gasteiger partial charge in [-0.1, -0.05) is 45.4 Å². The van der Waals surface area contributed by atoms with Gasteiger partial charge < -0.3 is 15.5 Å². The number of rotatable bonds is 11. The highest BCUT2D eigenvalue weighted by molar-refractivity contribution is 5.82. The number of nitrogens with zero attached hydrogens (tertiary/aromatic N) is 3. The third-order valence-corrected chi connectivity index (χ3v) is 5.36. The van der Waals surface area contributed by atoms with E-state index in [2.05, 4.69) is 4.98 Å². The number of halogens is 1. The van der Waals surface area contributed by atoms with Gasteiger partial charge in [-0.3, -0.25) is 19.1 Å². The third kappa shape index (κ3) is 6.45. The third-order valence-electron chi connectivity index (χ3n) is 5.36. The number of nitrogens with one attached hydrogen (secondary N) is 1. The Morgan fingerprint density at radius 3 is 2.56 bits per heavy atom. The number of hydrogen-bond acceptors (Lipinski definition) is 5. The van der Waals surface area contributed by atoms with Gasteiger partial charge in [-0.25, -0.2) is 9.18 Å². The van der Waals surface area contributed by atoms with E-state index in [1.165, 1.54) is 15.5 Å². The van der Waals surface area contributed by atoms with Crippen molar-refractivity contribution in [1.29, 1.82) is 0 Å². The number of nitrogen functional groups attached to an aromatic ring is 1. The SMILES string of the molecule is CCCCn1c(N)c(N(CCC(C)C)CC(=O)N(C)Cc2ccccc2F)c(=O)[nH]c1=O. The predicted octanol–water partition coefficient (Wildman–Crippen LogP) is 2.57. The number of anilines is 2. The number of aromatic nitrogens is 2. The summed E-state index contributed by atoms with van der Waals surface area (Å²) in [6.07, 6.45) is 2.31. The van der Waals surface area contributed by atoms with Gasteiger partial charge in [-0.05, 0) is 24.8 Å². The van der Waals surface area contributed by atoms with Gasteiger partial charge >= 0.3 is 5.69 Å². The van der Waals surface area contributed by atoms with E-state index in [1.54, 1.807) is 30.1 Å². The van der Waals surface area contributed by atoms with E-state index in [1.807, 2.05) is 20.8 Å². The molecule has 0 aliphatic heterocycles. The minimum Gasteiger partial charge on any atom is -0.383 e. The summed E-state index contributed by atoms with van der Waals surface area (Å²) in [5.74, 6) is -0.287. The van der Waals surface area contributed by atoms with Crippen LogP contribution in [-0.4, -0.2) is 40.5 Å². The molecule has 1 heterocycles. The normalized spacial score (nSPS) is 11.1. The Kier molecular flexibility index (Phi) is 9.04. The molecule has 0 saturated carbocycles. The van der Waals surface area contributed by atoms with Crippen molar-refractivity contribution in [2.24, 2.45) is 5.92 Å². The molecule has 3 N–H and O–H groups in total. The van der Waals surface area contributed by atoms with Crippen LogP contribution in [0.15, 0.2) is 33.9 Å². The highest BCUT2D eigenvalue weighted by Gasteiger charge is 2.23. The lowest BCUT2D eigenvalue weighted by atomic mass is 10.1. The molecule has 0 atom stereocenters. The van der Waals surface area contributed by atoms with E-state index in [0.29, 0.717) is 24.6 Å². The van der Waals surface area contributed by atoms with Crippen LogP contribution in [0.2, 0.25) is 0 Å². The van der Waals surface area contributed by atoms with Gasteiger partial charge in [0.2, 0.25) is 5.91 Å². The molecule has 0 bridgehead atoms. The predicted molar refractivity (Wildman–Crippen MR) is 125 cm³/mol. The number of likely N-dealkylation sites (N-methyl/N-ethyl adjacent to an activating group) is 1. The second-order valence-electron chi connectivity index (χ2n) is 8.44. The molecule has 176 valence electrons. The van der Waals surface area contributed by atoms with Gasteiger partial charge in [-0.15, -0.1) is 0 Å². The smallest absolute Gasteiger partial charge is 0.330 e. The summed E-state index contributed by atoms with van der Waals surface area (Å²) in [7, 11) is 1.59. The Hall–Kier alpha value is -3.10. The maximum absolute atomic E-state index is 14.0. The summed E-state index contributed by atoms with van der Waals surface area (Å²) in [4.78, 5) is 43.3. The molecule has 9 heteroatoms. The van der Waals surface area contributed by atoms with Crippen LogP contribution in [-0.2, 0) is 17.9 Å². The fraction of sp³-hybridized carbons (Fsp3) is 0.522. The largest absolute Gasteiger partial charge is 0.383 e. The molecule has 1 aromatic heterocycles. The fourth-order valence-corrected chi connectivity index (χ4v) is 3.36. The number of nitrogens with two attached hydrogens (primary N) is 1. The summed E-state index contributed by atoms with van der Waals surface area (Å²) in [5, 5.41) is 0. The Labute approximate surface area is 187 Å².